The number of ether oxygens (including phenoxy) is 3. The molecular weight excluding hydrogens is 481 g/mol. The number of amides is 2. The van der Waals surface area contributed by atoms with E-state index in [4.69, 9.17) is 37.4 Å². The summed E-state index contributed by atoms with van der Waals surface area (Å²) in [4.78, 5) is 24.5. The van der Waals surface area contributed by atoms with Gasteiger partial charge >= 0.3 is 0 Å². The number of hydrazone groups is 1. The van der Waals surface area contributed by atoms with Crippen molar-refractivity contribution in [2.75, 3.05) is 26.1 Å². The first kappa shape index (κ1) is 24.9. The predicted molar refractivity (Wildman–Crippen MR) is 132 cm³/mol. The summed E-state index contributed by atoms with van der Waals surface area (Å²) in [6.07, 6.45) is 1.43. The van der Waals surface area contributed by atoms with E-state index < -0.39 is 5.91 Å². The minimum Gasteiger partial charge on any atom is -0.495 e. The highest BCUT2D eigenvalue weighted by Crippen LogP contribution is 2.28. The summed E-state index contributed by atoms with van der Waals surface area (Å²) in [7, 11) is 3.00. The van der Waals surface area contributed by atoms with Crippen LogP contribution in [0.3, 0.4) is 0 Å². The zero-order valence-electron chi connectivity index (χ0n) is 18.3. The molecule has 0 spiro atoms. The summed E-state index contributed by atoms with van der Waals surface area (Å²) in [5, 5.41) is 7.32. The monoisotopic (exact) mass is 501 g/mol. The van der Waals surface area contributed by atoms with Gasteiger partial charge in [0.15, 0.2) is 18.1 Å². The average molecular weight is 502 g/mol. The Balaban J connectivity index is 1.59. The van der Waals surface area contributed by atoms with E-state index in [1.165, 1.54) is 32.6 Å². The van der Waals surface area contributed by atoms with Gasteiger partial charge in [-0.1, -0.05) is 35.3 Å². The molecule has 0 atom stereocenters. The van der Waals surface area contributed by atoms with Crippen LogP contribution in [-0.4, -0.2) is 38.9 Å². The van der Waals surface area contributed by atoms with E-state index in [2.05, 4.69) is 15.8 Å². The lowest BCUT2D eigenvalue weighted by Crippen LogP contribution is -2.20. The number of rotatable bonds is 9. The summed E-state index contributed by atoms with van der Waals surface area (Å²) in [5.41, 5.74) is 3.82. The first-order valence-corrected chi connectivity index (χ1v) is 10.7. The van der Waals surface area contributed by atoms with Crippen molar-refractivity contribution >= 4 is 46.9 Å². The predicted octanol–water partition coefficient (Wildman–Crippen LogP) is 4.79. The van der Waals surface area contributed by atoms with Crippen molar-refractivity contribution in [1.82, 2.24) is 5.43 Å². The summed E-state index contributed by atoms with van der Waals surface area (Å²) < 4.78 is 16.2. The Labute approximate surface area is 206 Å². The molecule has 0 aromatic heterocycles. The summed E-state index contributed by atoms with van der Waals surface area (Å²) in [5.74, 6) is 0.460. The van der Waals surface area contributed by atoms with Crippen LogP contribution < -0.4 is 25.0 Å². The average Bonchev–Trinajstić information content (AvgIpc) is 2.83. The summed E-state index contributed by atoms with van der Waals surface area (Å²) in [6, 6.07) is 16.6. The maximum atomic E-state index is 12.3. The molecule has 3 aromatic rings. The number of hydrogen-bond acceptors (Lipinski definition) is 6. The Morgan fingerprint density at radius 3 is 2.44 bits per heavy atom. The Hall–Kier alpha value is -3.75. The molecule has 0 aliphatic carbocycles. The number of nitrogens with zero attached hydrogens (tertiary/aromatic N) is 1. The van der Waals surface area contributed by atoms with Crippen molar-refractivity contribution < 1.29 is 23.8 Å². The fraction of sp³-hybridized carbons (Fsp3) is 0.125. The van der Waals surface area contributed by atoms with Crippen LogP contribution in [0, 0.1) is 0 Å². The van der Waals surface area contributed by atoms with Gasteiger partial charge in [0.1, 0.15) is 5.75 Å². The SMILES string of the molecule is COc1ccccc1NC(=O)COc1ccc(/C=N\NC(=O)c2ccc(Cl)cc2Cl)cc1OC. The van der Waals surface area contributed by atoms with Crippen molar-refractivity contribution in [2.24, 2.45) is 5.10 Å². The number of anilines is 1. The third-order valence-corrected chi connectivity index (χ3v) is 5.03. The molecule has 10 heteroatoms. The molecule has 8 nitrogen and oxygen atoms in total. The molecule has 0 fully saturated rings. The number of halogens is 2. The van der Waals surface area contributed by atoms with Crippen LogP contribution in [0.5, 0.6) is 17.2 Å². The summed E-state index contributed by atoms with van der Waals surface area (Å²) >= 11 is 11.9. The molecular formula is C24H21Cl2N3O5. The van der Waals surface area contributed by atoms with Gasteiger partial charge in [0.2, 0.25) is 0 Å². The van der Waals surface area contributed by atoms with E-state index in [9.17, 15) is 9.59 Å². The van der Waals surface area contributed by atoms with Crippen molar-refractivity contribution in [2.45, 2.75) is 0 Å². The lowest BCUT2D eigenvalue weighted by atomic mass is 10.2. The van der Waals surface area contributed by atoms with Gasteiger partial charge in [-0.25, -0.2) is 5.43 Å². The lowest BCUT2D eigenvalue weighted by molar-refractivity contribution is -0.118. The molecule has 3 aromatic carbocycles. The number of nitrogens with one attached hydrogen (secondary N) is 2. The van der Waals surface area contributed by atoms with Crippen molar-refractivity contribution in [3.63, 3.8) is 0 Å². The minimum absolute atomic E-state index is 0.220. The van der Waals surface area contributed by atoms with Crippen LogP contribution in [0.4, 0.5) is 5.69 Å². The molecule has 0 unspecified atom stereocenters. The molecule has 0 aliphatic heterocycles. The molecule has 34 heavy (non-hydrogen) atoms. The third-order valence-electron chi connectivity index (χ3n) is 4.48. The van der Waals surface area contributed by atoms with E-state index in [1.807, 2.05) is 0 Å². The number of para-hydroxylation sites is 2. The van der Waals surface area contributed by atoms with Gasteiger partial charge in [-0.2, -0.15) is 5.10 Å². The molecule has 0 heterocycles. The van der Waals surface area contributed by atoms with E-state index in [1.54, 1.807) is 48.5 Å². The van der Waals surface area contributed by atoms with Gasteiger partial charge in [0, 0.05) is 5.02 Å². The fourth-order valence-corrected chi connectivity index (χ4v) is 3.35. The lowest BCUT2D eigenvalue weighted by Gasteiger charge is -2.12. The highest BCUT2D eigenvalue weighted by Gasteiger charge is 2.12. The van der Waals surface area contributed by atoms with E-state index in [0.29, 0.717) is 33.5 Å². The zero-order chi connectivity index (χ0) is 24.5. The van der Waals surface area contributed by atoms with Gasteiger partial charge in [0.25, 0.3) is 11.8 Å². The van der Waals surface area contributed by atoms with Gasteiger partial charge < -0.3 is 19.5 Å². The van der Waals surface area contributed by atoms with Crippen molar-refractivity contribution in [3.05, 3.63) is 81.8 Å². The van der Waals surface area contributed by atoms with Crippen LogP contribution in [0.25, 0.3) is 0 Å². The standard InChI is InChI=1S/C24H21Cl2N3O5/c1-32-20-6-4-3-5-19(20)28-23(30)14-34-21-10-7-15(11-22(21)33-2)13-27-29-24(31)17-9-8-16(25)12-18(17)26/h3-13H,14H2,1-2H3,(H,28,30)(H,29,31)/b27-13-. The second kappa shape index (κ2) is 11.9. The van der Waals surface area contributed by atoms with Crippen LogP contribution in [0.1, 0.15) is 15.9 Å². The van der Waals surface area contributed by atoms with Crippen LogP contribution in [-0.2, 0) is 4.79 Å². The Morgan fingerprint density at radius 1 is 0.941 bits per heavy atom. The van der Waals surface area contributed by atoms with Gasteiger partial charge in [-0.05, 0) is 54.1 Å². The first-order valence-electron chi connectivity index (χ1n) is 9.93. The number of carbonyl (C=O) groups is 2. The largest absolute Gasteiger partial charge is 0.495 e. The number of carbonyl (C=O) groups excluding carboxylic acids is 2. The number of hydrogen-bond donors (Lipinski definition) is 2. The molecule has 3 rings (SSSR count). The topological polar surface area (TPSA) is 98.3 Å². The first-order chi connectivity index (χ1) is 16.4. The Morgan fingerprint density at radius 2 is 1.71 bits per heavy atom. The second-order valence-electron chi connectivity index (χ2n) is 6.77. The second-order valence-corrected chi connectivity index (χ2v) is 7.61. The fourth-order valence-electron chi connectivity index (χ4n) is 2.86. The molecule has 0 saturated carbocycles. The third kappa shape index (κ3) is 6.63. The highest BCUT2D eigenvalue weighted by molar-refractivity contribution is 6.36. The van der Waals surface area contributed by atoms with E-state index in [-0.39, 0.29) is 23.1 Å². The molecule has 0 saturated heterocycles. The van der Waals surface area contributed by atoms with Crippen molar-refractivity contribution in [1.29, 1.82) is 0 Å². The minimum atomic E-state index is -0.481. The summed E-state index contributed by atoms with van der Waals surface area (Å²) in [6.45, 7) is -0.236. The normalized spacial score (nSPS) is 10.6. The van der Waals surface area contributed by atoms with E-state index in [0.717, 1.165) is 0 Å². The number of benzene rings is 3. The maximum absolute atomic E-state index is 12.3. The quantitative estimate of drug-likeness (QED) is 0.324. The van der Waals surface area contributed by atoms with Crippen LogP contribution >= 0.6 is 23.2 Å². The molecule has 0 aliphatic rings. The van der Waals surface area contributed by atoms with Crippen LogP contribution in [0.2, 0.25) is 10.0 Å². The molecule has 0 radical (unpaired) electrons. The molecule has 0 bridgehead atoms. The Bertz CT molecular complexity index is 1220. The number of methoxy groups -OCH3 is 2. The maximum Gasteiger partial charge on any atom is 0.272 e. The molecule has 2 N–H and O–H groups in total. The van der Waals surface area contributed by atoms with Gasteiger partial charge in [-0.3, -0.25) is 9.59 Å². The Kier molecular flexibility index (Phi) is 8.73. The van der Waals surface area contributed by atoms with E-state index >= 15 is 0 Å². The van der Waals surface area contributed by atoms with Gasteiger partial charge in [-0.15, -0.1) is 0 Å². The highest BCUT2D eigenvalue weighted by atomic mass is 35.5. The smallest absolute Gasteiger partial charge is 0.272 e. The molecule has 176 valence electrons. The van der Waals surface area contributed by atoms with Gasteiger partial charge in [0.05, 0.1) is 36.7 Å². The molecule has 2 amide bonds. The zero-order valence-corrected chi connectivity index (χ0v) is 19.8. The van der Waals surface area contributed by atoms with Crippen LogP contribution in [0.15, 0.2) is 65.8 Å². The van der Waals surface area contributed by atoms with Crippen molar-refractivity contribution in [3.8, 4) is 17.2 Å².